The van der Waals surface area contributed by atoms with Gasteiger partial charge in [0.25, 0.3) is 0 Å². The molecule has 6 rings (SSSR count). The number of pyridine rings is 1. The van der Waals surface area contributed by atoms with E-state index in [1.165, 1.54) is 6.07 Å². The van der Waals surface area contributed by atoms with Crippen LogP contribution >= 0.6 is 0 Å². The van der Waals surface area contributed by atoms with E-state index in [1.807, 2.05) is 24.3 Å². The monoisotopic (exact) mass is 510 g/mol. The molecule has 3 aliphatic rings. The zero-order valence-electron chi connectivity index (χ0n) is 19.8. The number of carbonyl (C=O) groups excluding carboxylic acids is 1. The van der Waals surface area contributed by atoms with Gasteiger partial charge in [-0.3, -0.25) is 9.88 Å². The first-order valence-electron chi connectivity index (χ1n) is 12.2. The summed E-state index contributed by atoms with van der Waals surface area (Å²) in [6.07, 6.45) is -4.08. The number of carbonyl (C=O) groups is 1. The Kier molecular flexibility index (Phi) is 5.72. The summed E-state index contributed by atoms with van der Waals surface area (Å²) in [6.45, 7) is 0.571. The maximum atomic E-state index is 13.3. The summed E-state index contributed by atoms with van der Waals surface area (Å²) in [7, 11) is 0. The lowest BCUT2D eigenvalue weighted by Gasteiger charge is -2.50. The maximum Gasteiger partial charge on any atom is 0.417 e. The minimum atomic E-state index is -4.51. The summed E-state index contributed by atoms with van der Waals surface area (Å²) in [6, 6.07) is 17.3. The minimum Gasteiger partial charge on any atom is -0.448 e. The lowest BCUT2D eigenvalue weighted by Crippen LogP contribution is -2.62. The molecular formula is C28H25F3N2O4. The Morgan fingerprint density at radius 3 is 2.14 bits per heavy atom. The SMILES string of the molecule is O=C(OCC1c2ccccc2-c2ccccc21)N1C2COCC1CC(O)(c1ccc(C(F)(F)F)cn1)C2. The number of piperidine rings is 1. The number of rotatable bonds is 3. The summed E-state index contributed by atoms with van der Waals surface area (Å²) < 4.78 is 50.4. The molecule has 2 fully saturated rings. The second kappa shape index (κ2) is 8.85. The van der Waals surface area contributed by atoms with Crippen LogP contribution in [0.4, 0.5) is 18.0 Å². The highest BCUT2D eigenvalue weighted by atomic mass is 19.4. The summed E-state index contributed by atoms with van der Waals surface area (Å²) in [4.78, 5) is 18.9. The lowest BCUT2D eigenvalue weighted by molar-refractivity contribution is -0.140. The first-order chi connectivity index (χ1) is 17.7. The molecule has 192 valence electrons. The number of amides is 1. The highest BCUT2D eigenvalue weighted by Crippen LogP contribution is 2.45. The Morgan fingerprint density at radius 1 is 1.00 bits per heavy atom. The van der Waals surface area contributed by atoms with Gasteiger partial charge in [0.2, 0.25) is 0 Å². The predicted molar refractivity (Wildman–Crippen MR) is 128 cm³/mol. The van der Waals surface area contributed by atoms with E-state index in [0.29, 0.717) is 0 Å². The largest absolute Gasteiger partial charge is 0.448 e. The van der Waals surface area contributed by atoms with E-state index < -0.39 is 35.5 Å². The molecule has 2 bridgehead atoms. The van der Waals surface area contributed by atoms with Crippen LogP contribution in [0.1, 0.15) is 41.1 Å². The molecule has 0 spiro atoms. The van der Waals surface area contributed by atoms with E-state index in [-0.39, 0.29) is 44.3 Å². The summed E-state index contributed by atoms with van der Waals surface area (Å²) >= 11 is 0. The molecule has 2 unspecified atom stereocenters. The number of aromatic nitrogens is 1. The van der Waals surface area contributed by atoms with Crippen molar-refractivity contribution in [3.63, 3.8) is 0 Å². The van der Waals surface area contributed by atoms with Gasteiger partial charge < -0.3 is 14.6 Å². The standard InChI is InChI=1S/C28H25F3N2O4/c29-28(30,31)17-9-10-25(32-13-17)27(35)11-18-14-36-15-19(12-27)33(18)26(34)37-16-24-22-7-3-1-5-20(22)21-6-2-4-8-23(21)24/h1-10,13,18-19,24,35H,11-12,14-16H2. The number of nitrogens with zero attached hydrogens (tertiary/aromatic N) is 2. The van der Waals surface area contributed by atoms with Crippen LogP contribution in [-0.2, 0) is 21.3 Å². The first kappa shape index (κ1) is 23.9. The van der Waals surface area contributed by atoms with Crippen LogP contribution < -0.4 is 0 Å². The van der Waals surface area contributed by atoms with E-state index in [9.17, 15) is 23.1 Å². The van der Waals surface area contributed by atoms with Gasteiger partial charge in [0.15, 0.2) is 0 Å². The van der Waals surface area contributed by atoms with Gasteiger partial charge in [-0.15, -0.1) is 0 Å². The second-order valence-electron chi connectivity index (χ2n) is 9.93. The fourth-order valence-electron chi connectivity index (χ4n) is 5.99. The average molecular weight is 511 g/mol. The molecular weight excluding hydrogens is 485 g/mol. The number of morpholine rings is 1. The van der Waals surface area contributed by atoms with E-state index in [2.05, 4.69) is 29.2 Å². The zero-order valence-corrected chi connectivity index (χ0v) is 19.8. The van der Waals surface area contributed by atoms with Crippen LogP contribution in [0.15, 0.2) is 66.9 Å². The Labute approximate surface area is 211 Å². The predicted octanol–water partition coefficient (Wildman–Crippen LogP) is 5.10. The van der Waals surface area contributed by atoms with Gasteiger partial charge in [0, 0.05) is 25.0 Å². The van der Waals surface area contributed by atoms with Gasteiger partial charge in [0.1, 0.15) is 12.2 Å². The third-order valence-electron chi connectivity index (χ3n) is 7.67. The van der Waals surface area contributed by atoms with Gasteiger partial charge in [0.05, 0.1) is 36.6 Å². The molecule has 2 aromatic carbocycles. The van der Waals surface area contributed by atoms with Crippen molar-refractivity contribution in [2.24, 2.45) is 0 Å². The molecule has 1 amide bonds. The number of ether oxygens (including phenoxy) is 2. The molecule has 0 radical (unpaired) electrons. The van der Waals surface area contributed by atoms with Crippen LogP contribution in [-0.4, -0.2) is 53.0 Å². The molecule has 9 heteroatoms. The highest BCUT2D eigenvalue weighted by molar-refractivity contribution is 5.79. The molecule has 37 heavy (non-hydrogen) atoms. The van der Waals surface area contributed by atoms with Crippen molar-refractivity contribution in [2.75, 3.05) is 19.8 Å². The summed E-state index contributed by atoms with van der Waals surface area (Å²) in [5.74, 6) is -0.0782. The molecule has 3 aromatic rings. The van der Waals surface area contributed by atoms with Crippen molar-refractivity contribution < 1.29 is 32.5 Å². The van der Waals surface area contributed by atoms with Crippen LogP contribution in [0.25, 0.3) is 11.1 Å². The molecule has 0 saturated carbocycles. The molecule has 1 aromatic heterocycles. The van der Waals surface area contributed by atoms with E-state index in [4.69, 9.17) is 9.47 Å². The van der Waals surface area contributed by atoms with Crippen molar-refractivity contribution in [1.82, 2.24) is 9.88 Å². The number of halogens is 3. The Balaban J connectivity index is 1.18. The second-order valence-corrected chi connectivity index (χ2v) is 9.93. The number of aliphatic hydroxyl groups is 1. The van der Waals surface area contributed by atoms with Crippen molar-refractivity contribution in [2.45, 2.75) is 42.6 Å². The van der Waals surface area contributed by atoms with Crippen molar-refractivity contribution >= 4 is 6.09 Å². The first-order valence-corrected chi connectivity index (χ1v) is 12.2. The molecule has 2 aliphatic heterocycles. The Bertz CT molecular complexity index is 1270. The fraction of sp³-hybridized carbons (Fsp3) is 0.357. The van der Waals surface area contributed by atoms with Crippen LogP contribution in [0.5, 0.6) is 0 Å². The van der Waals surface area contributed by atoms with Crippen LogP contribution in [0, 0.1) is 0 Å². The molecule has 3 heterocycles. The number of benzene rings is 2. The van der Waals surface area contributed by atoms with Crippen LogP contribution in [0.3, 0.4) is 0 Å². The zero-order chi connectivity index (χ0) is 25.8. The number of hydrogen-bond acceptors (Lipinski definition) is 5. The average Bonchev–Trinajstić information content (AvgIpc) is 3.20. The van der Waals surface area contributed by atoms with E-state index in [0.717, 1.165) is 34.5 Å². The third-order valence-corrected chi connectivity index (χ3v) is 7.67. The number of fused-ring (bicyclic) bond motifs is 5. The molecule has 6 nitrogen and oxygen atoms in total. The lowest BCUT2D eigenvalue weighted by atomic mass is 9.79. The smallest absolute Gasteiger partial charge is 0.417 e. The van der Waals surface area contributed by atoms with Gasteiger partial charge in [-0.25, -0.2) is 4.79 Å². The van der Waals surface area contributed by atoms with Gasteiger partial charge in [-0.1, -0.05) is 48.5 Å². The van der Waals surface area contributed by atoms with Crippen LogP contribution in [0.2, 0.25) is 0 Å². The van der Waals surface area contributed by atoms with E-state index in [1.54, 1.807) is 4.90 Å². The molecule has 1 aliphatic carbocycles. The molecule has 2 atom stereocenters. The molecule has 2 saturated heterocycles. The Morgan fingerprint density at radius 2 is 1.59 bits per heavy atom. The normalized spacial score (nSPS) is 24.9. The van der Waals surface area contributed by atoms with Crippen molar-refractivity contribution in [3.8, 4) is 11.1 Å². The number of hydrogen-bond donors (Lipinski definition) is 1. The van der Waals surface area contributed by atoms with Gasteiger partial charge in [-0.2, -0.15) is 13.2 Å². The van der Waals surface area contributed by atoms with Crippen molar-refractivity contribution in [3.05, 3.63) is 89.2 Å². The summed E-state index contributed by atoms with van der Waals surface area (Å²) in [5.41, 5.74) is 2.31. The number of alkyl halides is 3. The third kappa shape index (κ3) is 4.16. The highest BCUT2D eigenvalue weighted by Gasteiger charge is 2.50. The minimum absolute atomic E-state index is 0.0782. The van der Waals surface area contributed by atoms with E-state index >= 15 is 0 Å². The van der Waals surface area contributed by atoms with Gasteiger partial charge >= 0.3 is 12.3 Å². The quantitative estimate of drug-likeness (QED) is 0.531. The maximum absolute atomic E-state index is 13.3. The van der Waals surface area contributed by atoms with Crippen molar-refractivity contribution in [1.29, 1.82) is 0 Å². The topological polar surface area (TPSA) is 71.9 Å². The Hall–Kier alpha value is -3.43. The molecule has 1 N–H and O–H groups in total. The fourth-order valence-corrected chi connectivity index (χ4v) is 5.99. The van der Waals surface area contributed by atoms with Gasteiger partial charge in [-0.05, 0) is 34.4 Å². The summed E-state index contributed by atoms with van der Waals surface area (Å²) in [5, 5.41) is 11.4.